The van der Waals surface area contributed by atoms with Crippen molar-refractivity contribution in [3.8, 4) is 10.7 Å². The van der Waals surface area contributed by atoms with Crippen LogP contribution < -0.4 is 5.32 Å². The largest absolute Gasteiger partial charge is 0.469 e. The van der Waals surface area contributed by atoms with Crippen LogP contribution in [0.2, 0.25) is 0 Å². The van der Waals surface area contributed by atoms with Crippen LogP contribution in [0.15, 0.2) is 30.6 Å². The quantitative estimate of drug-likeness (QED) is 0.438. The number of pyridine rings is 1. The number of nitrogens with zero attached hydrogens (tertiary/aromatic N) is 4. The van der Waals surface area contributed by atoms with Gasteiger partial charge in [-0.15, -0.1) is 11.3 Å². The van der Waals surface area contributed by atoms with Crippen molar-refractivity contribution in [3.63, 3.8) is 0 Å². The molecule has 8 nitrogen and oxygen atoms in total. The number of hydrogen-bond acceptors (Lipinski definition) is 9. The van der Waals surface area contributed by atoms with Crippen molar-refractivity contribution in [1.29, 1.82) is 0 Å². The molecule has 0 saturated heterocycles. The summed E-state index contributed by atoms with van der Waals surface area (Å²) in [7, 11) is 1.36. The van der Waals surface area contributed by atoms with E-state index in [-0.39, 0.29) is 23.5 Å². The number of halogens is 3. The molecule has 1 fully saturated rings. The lowest BCUT2D eigenvalue weighted by molar-refractivity contribution is -0.157. The van der Waals surface area contributed by atoms with Gasteiger partial charge in [0.2, 0.25) is 0 Å². The van der Waals surface area contributed by atoms with Crippen molar-refractivity contribution in [2.75, 3.05) is 12.4 Å². The third-order valence-electron chi connectivity index (χ3n) is 6.35. The molecular formula is C24H26F3N5O3S. The van der Waals surface area contributed by atoms with Crippen LogP contribution in [0.5, 0.6) is 0 Å². The molecule has 0 bridgehead atoms. The summed E-state index contributed by atoms with van der Waals surface area (Å²) >= 11 is 1.24. The van der Waals surface area contributed by atoms with Crippen LogP contribution >= 0.6 is 11.3 Å². The molecular weight excluding hydrogens is 495 g/mol. The van der Waals surface area contributed by atoms with E-state index in [1.54, 1.807) is 19.2 Å². The number of aromatic nitrogens is 4. The molecule has 192 valence electrons. The number of aryl methyl sites for hydroxylation is 1. The highest BCUT2D eigenvalue weighted by atomic mass is 32.1. The highest BCUT2D eigenvalue weighted by Crippen LogP contribution is 2.51. The average molecular weight is 522 g/mol. The smallest absolute Gasteiger partial charge is 0.416 e. The van der Waals surface area contributed by atoms with Crippen LogP contribution in [0.25, 0.3) is 10.7 Å². The Kier molecular flexibility index (Phi) is 6.78. The monoisotopic (exact) mass is 521 g/mol. The van der Waals surface area contributed by atoms with Crippen LogP contribution in [0.3, 0.4) is 0 Å². The Bertz CT molecular complexity index is 1280. The molecule has 36 heavy (non-hydrogen) atoms. The highest BCUT2D eigenvalue weighted by molar-refractivity contribution is 7.15. The summed E-state index contributed by atoms with van der Waals surface area (Å²) in [5.74, 6) is -0.0134. The fourth-order valence-electron chi connectivity index (χ4n) is 4.64. The van der Waals surface area contributed by atoms with Crippen LogP contribution in [0.4, 0.5) is 24.8 Å². The molecule has 0 spiro atoms. The lowest BCUT2D eigenvalue weighted by Gasteiger charge is -2.44. The summed E-state index contributed by atoms with van der Waals surface area (Å²) < 4.78 is 44.1. The number of hydrogen-bond donors (Lipinski definition) is 2. The molecule has 2 atom stereocenters. The Morgan fingerprint density at radius 2 is 1.97 bits per heavy atom. The molecule has 3 aromatic rings. The Balaban J connectivity index is 1.58. The van der Waals surface area contributed by atoms with Crippen molar-refractivity contribution < 1.29 is 27.8 Å². The molecule has 3 aromatic heterocycles. The fourth-order valence-corrected chi connectivity index (χ4v) is 5.61. The number of nitrogens with one attached hydrogen (secondary N) is 1. The summed E-state index contributed by atoms with van der Waals surface area (Å²) in [6.07, 6.45) is -0.702. The fraction of sp³-hybridized carbons (Fsp3) is 0.458. The maximum absolute atomic E-state index is 13.0. The highest BCUT2D eigenvalue weighted by Gasteiger charge is 2.49. The van der Waals surface area contributed by atoms with E-state index in [0.717, 1.165) is 18.3 Å². The predicted octanol–water partition coefficient (Wildman–Crippen LogP) is 5.25. The number of thiazole rings is 1. The van der Waals surface area contributed by atoms with Crippen LogP contribution in [0, 0.1) is 18.3 Å². The number of carbonyl (C=O) groups is 1. The van der Waals surface area contributed by atoms with Crippen LogP contribution in [-0.4, -0.2) is 38.1 Å². The van der Waals surface area contributed by atoms with Crippen molar-refractivity contribution in [2.24, 2.45) is 11.3 Å². The van der Waals surface area contributed by atoms with Gasteiger partial charge in [-0.1, -0.05) is 13.8 Å². The number of alkyl halides is 3. The van der Waals surface area contributed by atoms with Gasteiger partial charge in [-0.25, -0.2) is 19.9 Å². The summed E-state index contributed by atoms with van der Waals surface area (Å²) in [4.78, 5) is 30.0. The number of carbonyl (C=O) groups excluding carboxylic acids is 1. The molecule has 1 aliphatic carbocycles. The van der Waals surface area contributed by atoms with Gasteiger partial charge in [0.15, 0.2) is 5.82 Å². The first-order valence-electron chi connectivity index (χ1n) is 11.2. The van der Waals surface area contributed by atoms with E-state index < -0.39 is 22.8 Å². The van der Waals surface area contributed by atoms with Crippen LogP contribution in [-0.2, 0) is 21.3 Å². The predicted molar refractivity (Wildman–Crippen MR) is 127 cm³/mol. The standard InChI is InChI=1S/C24H26F3N5O3S/c1-13-9-18(31-17-10-14(6-8-28-17)24(25,26)27)32-19(30-13)16-11-29-21(36-16)23(34)7-5-15(20(33)35-4)22(2,3)12-23/h6,8-11,15,34H,5,7,12H2,1-4H3,(H,28,30,31,32)/t15-,23-/m0/s1. The summed E-state index contributed by atoms with van der Waals surface area (Å²) in [6.45, 7) is 5.59. The van der Waals surface area contributed by atoms with E-state index in [2.05, 4.69) is 25.3 Å². The topological polar surface area (TPSA) is 110 Å². The van der Waals surface area contributed by atoms with Gasteiger partial charge in [-0.3, -0.25) is 4.79 Å². The van der Waals surface area contributed by atoms with Gasteiger partial charge in [0, 0.05) is 24.2 Å². The molecule has 4 rings (SSSR count). The molecule has 0 unspecified atom stereocenters. The second kappa shape index (κ2) is 9.40. The molecule has 0 amide bonds. The minimum Gasteiger partial charge on any atom is -0.469 e. The zero-order chi connectivity index (χ0) is 26.3. The van der Waals surface area contributed by atoms with E-state index >= 15 is 0 Å². The van der Waals surface area contributed by atoms with Gasteiger partial charge in [0.05, 0.1) is 23.5 Å². The second-order valence-electron chi connectivity index (χ2n) is 9.61. The number of methoxy groups -OCH3 is 1. The van der Waals surface area contributed by atoms with E-state index in [0.29, 0.717) is 40.7 Å². The molecule has 0 aliphatic heterocycles. The van der Waals surface area contributed by atoms with Gasteiger partial charge in [-0.2, -0.15) is 13.2 Å². The third kappa shape index (κ3) is 5.34. The molecule has 3 heterocycles. The zero-order valence-corrected chi connectivity index (χ0v) is 21.0. The minimum atomic E-state index is -4.49. The maximum Gasteiger partial charge on any atom is 0.416 e. The third-order valence-corrected chi connectivity index (χ3v) is 7.53. The zero-order valence-electron chi connectivity index (χ0n) is 20.2. The van der Waals surface area contributed by atoms with Crippen molar-refractivity contribution in [1.82, 2.24) is 19.9 Å². The number of ether oxygens (including phenoxy) is 1. The van der Waals surface area contributed by atoms with E-state index in [1.165, 1.54) is 18.4 Å². The van der Waals surface area contributed by atoms with Gasteiger partial charge in [0.1, 0.15) is 22.2 Å². The minimum absolute atomic E-state index is 0.00206. The lowest BCUT2D eigenvalue weighted by Crippen LogP contribution is -2.45. The second-order valence-corrected chi connectivity index (χ2v) is 10.6. The molecule has 12 heteroatoms. The summed E-state index contributed by atoms with van der Waals surface area (Å²) in [5, 5.41) is 14.7. The molecule has 1 saturated carbocycles. The first-order valence-corrected chi connectivity index (χ1v) is 12.1. The Morgan fingerprint density at radius 3 is 2.64 bits per heavy atom. The van der Waals surface area contributed by atoms with E-state index in [4.69, 9.17) is 4.74 Å². The SMILES string of the molecule is COC(=O)[C@@H]1CC[C@@](O)(c2ncc(-c3nc(C)cc(Nc4cc(C(F)(F)F)ccn4)n3)s2)CC1(C)C. The number of esters is 1. The maximum atomic E-state index is 13.0. The number of anilines is 2. The van der Waals surface area contributed by atoms with Crippen molar-refractivity contribution >= 4 is 28.9 Å². The molecule has 0 radical (unpaired) electrons. The normalized spacial score (nSPS) is 21.7. The van der Waals surface area contributed by atoms with Gasteiger partial charge < -0.3 is 15.2 Å². The number of aliphatic hydroxyl groups is 1. The first-order chi connectivity index (χ1) is 16.8. The molecule has 2 N–H and O–H groups in total. The van der Waals surface area contributed by atoms with E-state index in [1.807, 2.05) is 13.8 Å². The van der Waals surface area contributed by atoms with Gasteiger partial charge >= 0.3 is 12.1 Å². The molecule has 1 aliphatic rings. The average Bonchev–Trinajstić information content (AvgIpc) is 3.29. The Hall–Kier alpha value is -3.12. The lowest BCUT2D eigenvalue weighted by atomic mass is 9.63. The first kappa shape index (κ1) is 26.0. The Labute approximate surface area is 210 Å². The van der Waals surface area contributed by atoms with Crippen molar-refractivity contribution in [2.45, 2.75) is 51.8 Å². The summed E-state index contributed by atoms with van der Waals surface area (Å²) in [5.41, 5.74) is -1.95. The summed E-state index contributed by atoms with van der Waals surface area (Å²) in [6, 6.07) is 3.40. The van der Waals surface area contributed by atoms with Crippen LogP contribution in [0.1, 0.15) is 49.4 Å². The molecule has 0 aromatic carbocycles. The Morgan fingerprint density at radius 1 is 1.22 bits per heavy atom. The van der Waals surface area contributed by atoms with E-state index in [9.17, 15) is 23.1 Å². The van der Waals surface area contributed by atoms with Crippen molar-refractivity contribution in [3.05, 3.63) is 46.9 Å². The van der Waals surface area contributed by atoms with Gasteiger partial charge in [0.25, 0.3) is 0 Å². The van der Waals surface area contributed by atoms with Gasteiger partial charge in [-0.05, 0) is 43.7 Å². The number of rotatable bonds is 5.